The van der Waals surface area contributed by atoms with Crippen molar-refractivity contribution in [2.45, 2.75) is 68.9 Å². The van der Waals surface area contributed by atoms with Gasteiger partial charge in [0.2, 0.25) is 5.91 Å². The topological polar surface area (TPSA) is 71.8 Å². The predicted molar refractivity (Wildman–Crippen MR) is 98.3 cm³/mol. The van der Waals surface area contributed by atoms with Crippen LogP contribution in [-0.4, -0.2) is 44.6 Å². The second-order valence-corrected chi connectivity index (χ2v) is 8.57. The molecule has 1 aromatic rings. The van der Waals surface area contributed by atoms with Gasteiger partial charge in [-0.05, 0) is 53.6 Å². The number of nitrogens with one attached hydrogen (secondary N) is 2. The molecule has 6 nitrogen and oxygen atoms in total. The highest BCUT2D eigenvalue weighted by atomic mass is 32.2. The second kappa shape index (κ2) is 8.16. The highest BCUT2D eigenvalue weighted by molar-refractivity contribution is 8.00. The summed E-state index contributed by atoms with van der Waals surface area (Å²) in [6.07, 6.45) is 4.00. The van der Waals surface area contributed by atoms with Crippen LogP contribution in [0.3, 0.4) is 0 Å². The van der Waals surface area contributed by atoms with Crippen LogP contribution in [0.2, 0.25) is 0 Å². The lowest BCUT2D eigenvalue weighted by Crippen LogP contribution is -2.44. The first-order chi connectivity index (χ1) is 11.3. The summed E-state index contributed by atoms with van der Waals surface area (Å²) in [5.74, 6) is 1.46. The average Bonchev–Trinajstić information content (AvgIpc) is 2.90. The summed E-state index contributed by atoms with van der Waals surface area (Å²) in [6, 6.07) is 0. The van der Waals surface area contributed by atoms with Crippen molar-refractivity contribution in [2.24, 2.45) is 0 Å². The van der Waals surface area contributed by atoms with E-state index in [1.807, 2.05) is 33.8 Å². The summed E-state index contributed by atoms with van der Waals surface area (Å²) < 4.78 is 2.11. The molecular formula is C17H29N5OS. The van der Waals surface area contributed by atoms with Crippen molar-refractivity contribution in [3.05, 3.63) is 18.5 Å². The summed E-state index contributed by atoms with van der Waals surface area (Å²) in [5.41, 5.74) is -0.235. The van der Waals surface area contributed by atoms with Crippen LogP contribution in [0.15, 0.2) is 17.8 Å². The van der Waals surface area contributed by atoms with Gasteiger partial charge in [0.1, 0.15) is 5.82 Å². The standard InChI is InChI=1S/C17H29N5OS/c1-6-11-22-14(13-7-9-18-10-8-13)20-21-16(22)24-12(2)15(23)19-17(3,4)5/h6,12-13,18H,1,7-11H2,2-5H3,(H,19,23). The number of piperidine rings is 1. The Kier molecular flexibility index (Phi) is 6.46. The van der Waals surface area contributed by atoms with Crippen LogP contribution in [0, 0.1) is 0 Å². The maximum atomic E-state index is 12.3. The third kappa shape index (κ3) is 5.08. The maximum absolute atomic E-state index is 12.3. The minimum absolute atomic E-state index is 0.0177. The number of thioether (sulfide) groups is 1. The van der Waals surface area contributed by atoms with Gasteiger partial charge in [-0.3, -0.25) is 4.79 Å². The largest absolute Gasteiger partial charge is 0.351 e. The molecule has 0 spiro atoms. The molecule has 1 unspecified atom stereocenters. The Morgan fingerprint density at radius 2 is 2.12 bits per heavy atom. The molecule has 134 valence electrons. The lowest BCUT2D eigenvalue weighted by atomic mass is 9.97. The molecule has 0 saturated carbocycles. The zero-order valence-electron chi connectivity index (χ0n) is 15.1. The molecule has 0 radical (unpaired) electrons. The van der Waals surface area contributed by atoms with E-state index in [-0.39, 0.29) is 16.7 Å². The molecular weight excluding hydrogens is 322 g/mol. The van der Waals surface area contributed by atoms with Gasteiger partial charge in [-0.1, -0.05) is 17.8 Å². The molecule has 7 heteroatoms. The van der Waals surface area contributed by atoms with E-state index in [0.29, 0.717) is 12.5 Å². The van der Waals surface area contributed by atoms with E-state index in [1.165, 1.54) is 11.8 Å². The number of allylic oxidation sites excluding steroid dienone is 1. The normalized spacial score (nSPS) is 17.5. The van der Waals surface area contributed by atoms with E-state index in [2.05, 4.69) is 32.0 Å². The number of carbonyl (C=O) groups is 1. The molecule has 1 fully saturated rings. The fraction of sp³-hybridized carbons (Fsp3) is 0.706. The van der Waals surface area contributed by atoms with Crippen molar-refractivity contribution >= 4 is 17.7 Å². The van der Waals surface area contributed by atoms with Crippen LogP contribution in [0.5, 0.6) is 0 Å². The highest BCUT2D eigenvalue weighted by Crippen LogP contribution is 2.29. The third-order valence-electron chi connectivity index (χ3n) is 3.91. The molecule has 2 N–H and O–H groups in total. The first-order valence-corrected chi connectivity index (χ1v) is 9.43. The lowest BCUT2D eigenvalue weighted by molar-refractivity contribution is -0.121. The number of hydrogen-bond donors (Lipinski definition) is 2. The Bertz CT molecular complexity index is 572. The molecule has 24 heavy (non-hydrogen) atoms. The van der Waals surface area contributed by atoms with E-state index < -0.39 is 0 Å². The van der Waals surface area contributed by atoms with E-state index in [0.717, 1.165) is 36.9 Å². The molecule has 1 aliphatic heterocycles. The molecule has 2 heterocycles. The molecule has 2 rings (SSSR count). The minimum atomic E-state index is -0.235. The quantitative estimate of drug-likeness (QED) is 0.608. The molecule has 1 aromatic heterocycles. The van der Waals surface area contributed by atoms with Gasteiger partial charge < -0.3 is 15.2 Å². The van der Waals surface area contributed by atoms with Gasteiger partial charge in [-0.25, -0.2) is 0 Å². The van der Waals surface area contributed by atoms with Crippen LogP contribution >= 0.6 is 11.8 Å². The Morgan fingerprint density at radius 1 is 1.46 bits per heavy atom. The first kappa shape index (κ1) is 19.0. The van der Waals surface area contributed by atoms with Gasteiger partial charge in [0.15, 0.2) is 5.16 Å². The van der Waals surface area contributed by atoms with Gasteiger partial charge in [0, 0.05) is 18.0 Å². The molecule has 1 aliphatic rings. The van der Waals surface area contributed by atoms with Crippen molar-refractivity contribution in [1.29, 1.82) is 0 Å². The van der Waals surface area contributed by atoms with E-state index >= 15 is 0 Å². The Balaban J connectivity index is 2.13. The molecule has 1 amide bonds. The van der Waals surface area contributed by atoms with Crippen LogP contribution in [0.25, 0.3) is 0 Å². The van der Waals surface area contributed by atoms with Crippen LogP contribution < -0.4 is 10.6 Å². The fourth-order valence-electron chi connectivity index (χ4n) is 2.75. The van der Waals surface area contributed by atoms with E-state index in [9.17, 15) is 4.79 Å². The predicted octanol–water partition coefficient (Wildman–Crippen LogP) is 2.33. The first-order valence-electron chi connectivity index (χ1n) is 8.55. The number of rotatable bonds is 6. The molecule has 0 bridgehead atoms. The zero-order chi connectivity index (χ0) is 17.7. The molecule has 1 atom stereocenters. The van der Waals surface area contributed by atoms with Crippen molar-refractivity contribution in [2.75, 3.05) is 13.1 Å². The summed E-state index contributed by atoms with van der Waals surface area (Å²) in [7, 11) is 0. The number of hydrogen-bond acceptors (Lipinski definition) is 5. The van der Waals surface area contributed by atoms with Crippen LogP contribution in [0.4, 0.5) is 0 Å². The van der Waals surface area contributed by atoms with Gasteiger partial charge >= 0.3 is 0 Å². The number of carbonyl (C=O) groups excluding carboxylic acids is 1. The number of nitrogens with zero attached hydrogens (tertiary/aromatic N) is 3. The molecule has 1 saturated heterocycles. The van der Waals surface area contributed by atoms with Crippen LogP contribution in [-0.2, 0) is 11.3 Å². The minimum Gasteiger partial charge on any atom is -0.351 e. The van der Waals surface area contributed by atoms with E-state index in [1.54, 1.807) is 0 Å². The van der Waals surface area contributed by atoms with Crippen LogP contribution in [0.1, 0.15) is 52.3 Å². The highest BCUT2D eigenvalue weighted by Gasteiger charge is 2.26. The fourth-order valence-corrected chi connectivity index (χ4v) is 3.62. The molecule has 0 aliphatic carbocycles. The van der Waals surface area contributed by atoms with Crippen molar-refractivity contribution in [3.63, 3.8) is 0 Å². The number of amides is 1. The Labute approximate surface area is 148 Å². The van der Waals surface area contributed by atoms with Crippen molar-refractivity contribution in [1.82, 2.24) is 25.4 Å². The summed E-state index contributed by atoms with van der Waals surface area (Å²) in [5, 5.41) is 15.7. The second-order valence-electron chi connectivity index (χ2n) is 7.26. The van der Waals surface area contributed by atoms with E-state index in [4.69, 9.17) is 0 Å². The van der Waals surface area contributed by atoms with Gasteiger partial charge in [0.05, 0.1) is 5.25 Å². The summed E-state index contributed by atoms with van der Waals surface area (Å²) in [4.78, 5) is 12.3. The maximum Gasteiger partial charge on any atom is 0.233 e. The number of aromatic nitrogens is 3. The smallest absolute Gasteiger partial charge is 0.233 e. The van der Waals surface area contributed by atoms with Crippen molar-refractivity contribution < 1.29 is 4.79 Å². The monoisotopic (exact) mass is 351 g/mol. The summed E-state index contributed by atoms with van der Waals surface area (Å²) in [6.45, 7) is 14.4. The molecule has 0 aromatic carbocycles. The Morgan fingerprint density at radius 3 is 2.71 bits per heavy atom. The van der Waals surface area contributed by atoms with Gasteiger partial charge in [0.25, 0.3) is 0 Å². The Hall–Kier alpha value is -1.34. The van der Waals surface area contributed by atoms with Gasteiger partial charge in [-0.15, -0.1) is 16.8 Å². The zero-order valence-corrected chi connectivity index (χ0v) is 15.9. The summed E-state index contributed by atoms with van der Waals surface area (Å²) >= 11 is 1.46. The third-order valence-corrected chi connectivity index (χ3v) is 4.99. The SMILES string of the molecule is C=CCn1c(SC(C)C(=O)NC(C)(C)C)nnc1C1CCNCC1. The van der Waals surface area contributed by atoms with Gasteiger partial charge in [-0.2, -0.15) is 0 Å². The van der Waals surface area contributed by atoms with Crippen molar-refractivity contribution in [3.8, 4) is 0 Å². The lowest BCUT2D eigenvalue weighted by Gasteiger charge is -2.24. The average molecular weight is 352 g/mol.